The van der Waals surface area contributed by atoms with Gasteiger partial charge in [-0.2, -0.15) is 0 Å². The molecule has 1 N–H and O–H groups in total. The normalized spacial score (nSPS) is 13.6. The van der Waals surface area contributed by atoms with E-state index in [2.05, 4.69) is 25.3 Å². The van der Waals surface area contributed by atoms with E-state index in [0.29, 0.717) is 30.9 Å². The summed E-state index contributed by atoms with van der Waals surface area (Å²) in [7, 11) is 0. The van der Waals surface area contributed by atoms with Crippen LogP contribution in [0, 0.1) is 19.7 Å². The number of pyridine rings is 2. The summed E-state index contributed by atoms with van der Waals surface area (Å²) in [5.74, 6) is 0.189. The van der Waals surface area contributed by atoms with E-state index in [4.69, 9.17) is 0 Å². The topological polar surface area (TPSA) is 83.9 Å². The fourth-order valence-corrected chi connectivity index (χ4v) is 5.41. The van der Waals surface area contributed by atoms with Gasteiger partial charge in [0, 0.05) is 24.7 Å². The number of amides is 1. The maximum atomic E-state index is 13.1. The summed E-state index contributed by atoms with van der Waals surface area (Å²) in [6.07, 6.45) is 5.43. The molecular formula is C24H21FN6OS2. The van der Waals surface area contributed by atoms with E-state index >= 15 is 0 Å². The van der Waals surface area contributed by atoms with E-state index < -0.39 is 0 Å². The van der Waals surface area contributed by atoms with Gasteiger partial charge in [-0.15, -0.1) is 22.7 Å². The molecule has 0 fully saturated rings. The van der Waals surface area contributed by atoms with Crippen LogP contribution in [-0.4, -0.2) is 43.8 Å². The van der Waals surface area contributed by atoms with Crippen LogP contribution in [-0.2, 0) is 0 Å². The van der Waals surface area contributed by atoms with Gasteiger partial charge in [0.25, 0.3) is 5.91 Å². The number of anilines is 2. The Kier molecular flexibility index (Phi) is 6.16. The van der Waals surface area contributed by atoms with Crippen LogP contribution in [0.2, 0.25) is 0 Å². The molecule has 172 valence electrons. The average molecular weight is 493 g/mol. The summed E-state index contributed by atoms with van der Waals surface area (Å²) in [5, 5.41) is 6.96. The molecule has 5 rings (SSSR count). The molecule has 1 aliphatic heterocycles. The highest BCUT2D eigenvalue weighted by atomic mass is 32.1. The van der Waals surface area contributed by atoms with Gasteiger partial charge in [0.1, 0.15) is 11.6 Å². The van der Waals surface area contributed by atoms with Gasteiger partial charge in [-0.05, 0) is 50.1 Å². The van der Waals surface area contributed by atoms with Crippen LogP contribution in [0.25, 0.3) is 16.1 Å². The first-order chi connectivity index (χ1) is 16.5. The second-order valence-electron chi connectivity index (χ2n) is 7.83. The molecule has 10 heteroatoms. The average Bonchev–Trinajstić information content (AvgIpc) is 3.45. The lowest BCUT2D eigenvalue weighted by Crippen LogP contribution is -2.34. The van der Waals surface area contributed by atoms with Gasteiger partial charge in [-0.1, -0.05) is 6.08 Å². The Bertz CT molecular complexity index is 1360. The molecule has 5 heterocycles. The first-order valence-electron chi connectivity index (χ1n) is 10.7. The van der Waals surface area contributed by atoms with E-state index in [1.54, 1.807) is 40.6 Å². The molecule has 0 spiro atoms. The standard InChI is InChI=1S/C24H21FN6OS2/c1-14-22(34-15(2)28-14)20-13-33-24(29-20)30-21-6-3-17(11-27-21)23(32)31-9-7-16(8-10-31)19-5-4-18(25)12-26-19/h3-7,11-13H,8-10H2,1-2H3,(H,27,29,30). The Balaban J connectivity index is 1.22. The third kappa shape index (κ3) is 4.73. The van der Waals surface area contributed by atoms with Crippen molar-refractivity contribution in [1.29, 1.82) is 0 Å². The van der Waals surface area contributed by atoms with Crippen molar-refractivity contribution < 1.29 is 9.18 Å². The summed E-state index contributed by atoms with van der Waals surface area (Å²) in [6, 6.07) is 6.61. The number of halogens is 1. The lowest BCUT2D eigenvalue weighted by molar-refractivity contribution is 0.0772. The van der Waals surface area contributed by atoms with Gasteiger partial charge >= 0.3 is 0 Å². The molecule has 0 bridgehead atoms. The van der Waals surface area contributed by atoms with Crippen molar-refractivity contribution in [2.24, 2.45) is 0 Å². The Morgan fingerprint density at radius 2 is 1.97 bits per heavy atom. The van der Waals surface area contributed by atoms with Crippen LogP contribution < -0.4 is 5.32 Å². The molecule has 0 unspecified atom stereocenters. The smallest absolute Gasteiger partial charge is 0.255 e. The van der Waals surface area contributed by atoms with Gasteiger partial charge in [0.2, 0.25) is 0 Å². The van der Waals surface area contributed by atoms with Crippen molar-refractivity contribution in [3.63, 3.8) is 0 Å². The van der Waals surface area contributed by atoms with Crippen molar-refractivity contribution in [3.8, 4) is 10.6 Å². The number of aromatic nitrogens is 4. The second-order valence-corrected chi connectivity index (χ2v) is 9.90. The molecule has 7 nitrogen and oxygen atoms in total. The van der Waals surface area contributed by atoms with E-state index in [1.165, 1.54) is 23.6 Å². The monoisotopic (exact) mass is 492 g/mol. The van der Waals surface area contributed by atoms with Gasteiger partial charge < -0.3 is 10.2 Å². The third-order valence-corrected chi connectivity index (χ3v) is 7.29. The molecule has 0 saturated heterocycles. The number of thiazole rings is 2. The zero-order valence-corrected chi connectivity index (χ0v) is 20.2. The number of nitrogens with one attached hydrogen (secondary N) is 1. The van der Waals surface area contributed by atoms with Gasteiger partial charge in [-0.3, -0.25) is 9.78 Å². The maximum Gasteiger partial charge on any atom is 0.255 e. The van der Waals surface area contributed by atoms with Gasteiger partial charge in [-0.25, -0.2) is 19.3 Å². The van der Waals surface area contributed by atoms with Gasteiger partial charge in [0.15, 0.2) is 5.13 Å². The Morgan fingerprint density at radius 1 is 1.09 bits per heavy atom. The minimum absolute atomic E-state index is 0.0750. The number of hydrogen-bond acceptors (Lipinski definition) is 8. The van der Waals surface area contributed by atoms with Crippen molar-refractivity contribution in [2.45, 2.75) is 20.3 Å². The van der Waals surface area contributed by atoms with E-state index in [-0.39, 0.29) is 11.7 Å². The molecule has 1 aliphatic rings. The minimum Gasteiger partial charge on any atom is -0.335 e. The lowest BCUT2D eigenvalue weighted by Gasteiger charge is -2.26. The van der Waals surface area contributed by atoms with Crippen molar-refractivity contribution in [2.75, 3.05) is 18.4 Å². The molecule has 1 amide bonds. The van der Waals surface area contributed by atoms with E-state index in [1.807, 2.05) is 25.3 Å². The molecule has 0 atom stereocenters. The SMILES string of the molecule is Cc1nc(C)c(-c2csc(Nc3ccc(C(=O)N4CC=C(c5ccc(F)cn5)CC4)cn3)n2)s1. The zero-order valence-electron chi connectivity index (χ0n) is 18.6. The quantitative estimate of drug-likeness (QED) is 0.397. The number of aryl methyl sites for hydroxylation is 2. The number of nitrogens with zero attached hydrogens (tertiary/aromatic N) is 5. The molecule has 0 saturated carbocycles. The molecule has 0 radical (unpaired) electrons. The first kappa shape index (κ1) is 22.3. The molecule has 4 aromatic heterocycles. The molecular weight excluding hydrogens is 471 g/mol. The van der Waals surface area contributed by atoms with E-state index in [9.17, 15) is 9.18 Å². The molecule has 4 aromatic rings. The van der Waals surface area contributed by atoms with Gasteiger partial charge in [0.05, 0.1) is 38.7 Å². The molecule has 0 aromatic carbocycles. The van der Waals surface area contributed by atoms with Crippen molar-refractivity contribution in [3.05, 3.63) is 75.9 Å². The summed E-state index contributed by atoms with van der Waals surface area (Å²) in [4.78, 5) is 33.4. The number of rotatable bonds is 5. The Labute approximate surface area is 204 Å². The minimum atomic E-state index is -0.359. The van der Waals surface area contributed by atoms with Crippen LogP contribution in [0.3, 0.4) is 0 Å². The molecule has 0 aliphatic carbocycles. The maximum absolute atomic E-state index is 13.1. The number of carbonyl (C=O) groups excluding carboxylic acids is 1. The fourth-order valence-electron chi connectivity index (χ4n) is 3.74. The Morgan fingerprint density at radius 3 is 2.62 bits per heavy atom. The predicted octanol–water partition coefficient (Wildman–Crippen LogP) is 5.49. The van der Waals surface area contributed by atoms with Crippen LogP contribution in [0.5, 0.6) is 0 Å². The lowest BCUT2D eigenvalue weighted by atomic mass is 10.0. The van der Waals surface area contributed by atoms with Crippen LogP contribution in [0.4, 0.5) is 15.3 Å². The van der Waals surface area contributed by atoms with Crippen LogP contribution in [0.15, 0.2) is 48.1 Å². The summed E-state index contributed by atoms with van der Waals surface area (Å²) in [6.45, 7) is 5.02. The third-order valence-electron chi connectivity index (χ3n) is 5.44. The zero-order chi connectivity index (χ0) is 23.7. The largest absolute Gasteiger partial charge is 0.335 e. The number of hydrogen-bond donors (Lipinski definition) is 1. The van der Waals surface area contributed by atoms with Crippen molar-refractivity contribution >= 4 is 45.1 Å². The van der Waals surface area contributed by atoms with Crippen LogP contribution >= 0.6 is 22.7 Å². The number of carbonyl (C=O) groups is 1. The highest BCUT2D eigenvalue weighted by molar-refractivity contribution is 7.16. The highest BCUT2D eigenvalue weighted by Crippen LogP contribution is 2.32. The summed E-state index contributed by atoms with van der Waals surface area (Å²) >= 11 is 3.13. The molecule has 34 heavy (non-hydrogen) atoms. The summed E-state index contributed by atoms with van der Waals surface area (Å²) in [5.41, 5.74) is 4.17. The predicted molar refractivity (Wildman–Crippen MR) is 133 cm³/mol. The first-order valence-corrected chi connectivity index (χ1v) is 12.4. The Hall–Kier alpha value is -3.50. The summed E-state index contributed by atoms with van der Waals surface area (Å²) < 4.78 is 13.1. The fraction of sp³-hybridized carbons (Fsp3) is 0.208. The highest BCUT2D eigenvalue weighted by Gasteiger charge is 2.20. The van der Waals surface area contributed by atoms with E-state index in [0.717, 1.165) is 37.7 Å². The van der Waals surface area contributed by atoms with Crippen molar-refractivity contribution in [1.82, 2.24) is 24.8 Å². The van der Waals surface area contributed by atoms with Crippen LogP contribution in [0.1, 0.15) is 33.2 Å². The second kappa shape index (κ2) is 9.40.